The molecule has 3 nitrogen and oxygen atoms in total. The van der Waals surface area contributed by atoms with Gasteiger partial charge >= 0.3 is 0 Å². The monoisotopic (exact) mass is 383 g/mol. The second-order valence-electron chi connectivity index (χ2n) is 7.69. The van der Waals surface area contributed by atoms with Crippen molar-refractivity contribution in [1.29, 1.82) is 0 Å². The lowest BCUT2D eigenvalue weighted by atomic mass is 9.95. The van der Waals surface area contributed by atoms with Gasteiger partial charge in [0, 0.05) is 23.4 Å². The molecule has 4 heterocycles. The molecule has 28 heavy (non-hydrogen) atoms. The van der Waals surface area contributed by atoms with Gasteiger partial charge in [-0.1, -0.05) is 42.5 Å². The van der Waals surface area contributed by atoms with Crippen molar-refractivity contribution >= 4 is 28.9 Å². The maximum absolute atomic E-state index is 5.16. The molecule has 138 valence electrons. The molecule has 0 amide bonds. The molecule has 0 aliphatic carbocycles. The van der Waals surface area contributed by atoms with Crippen molar-refractivity contribution in [1.82, 2.24) is 4.98 Å². The van der Waals surface area contributed by atoms with Crippen LogP contribution in [0.2, 0.25) is 0 Å². The third-order valence-corrected chi connectivity index (χ3v) is 7.32. The van der Waals surface area contributed by atoms with Crippen molar-refractivity contribution in [3.63, 3.8) is 0 Å². The summed E-state index contributed by atoms with van der Waals surface area (Å²) in [5.41, 5.74) is 6.57. The number of allylic oxidation sites excluding steroid dienone is 1. The van der Waals surface area contributed by atoms with E-state index in [-0.39, 0.29) is 0 Å². The van der Waals surface area contributed by atoms with Crippen LogP contribution in [0.5, 0.6) is 0 Å². The molecule has 0 bridgehead atoms. The number of aliphatic imine (C=N–C) groups is 1. The van der Waals surface area contributed by atoms with Crippen LogP contribution in [0.3, 0.4) is 0 Å². The Morgan fingerprint density at radius 2 is 1.86 bits per heavy atom. The molecule has 0 spiro atoms. The third-order valence-electron chi connectivity index (χ3n) is 6.03. The van der Waals surface area contributed by atoms with E-state index in [2.05, 4.69) is 70.6 Å². The Balaban J connectivity index is 1.56. The molecule has 0 saturated carbocycles. The van der Waals surface area contributed by atoms with E-state index in [1.165, 1.54) is 44.5 Å². The summed E-state index contributed by atoms with van der Waals surface area (Å²) in [4.78, 5) is 13.6. The first-order valence-electron chi connectivity index (χ1n) is 10.0. The van der Waals surface area contributed by atoms with Crippen molar-refractivity contribution in [2.45, 2.75) is 31.2 Å². The van der Waals surface area contributed by atoms with Crippen molar-refractivity contribution in [2.75, 3.05) is 11.4 Å². The van der Waals surface area contributed by atoms with E-state index in [4.69, 9.17) is 4.98 Å². The zero-order valence-electron chi connectivity index (χ0n) is 15.6. The molecular formula is C24H21N3S. The molecule has 0 saturated heterocycles. The molecule has 0 fully saturated rings. The van der Waals surface area contributed by atoms with Crippen LogP contribution in [0, 0.1) is 0 Å². The number of para-hydroxylation sites is 2. The van der Waals surface area contributed by atoms with E-state index in [0.717, 1.165) is 19.4 Å². The molecule has 2 aromatic carbocycles. The molecule has 2 unspecified atom stereocenters. The summed E-state index contributed by atoms with van der Waals surface area (Å²) in [6.07, 6.45) is 9.70. The normalized spacial score (nSPS) is 22.1. The highest BCUT2D eigenvalue weighted by Gasteiger charge is 2.37. The molecule has 0 radical (unpaired) electrons. The maximum Gasteiger partial charge on any atom is 0.102 e. The van der Waals surface area contributed by atoms with Crippen LogP contribution in [0.25, 0.3) is 11.3 Å². The van der Waals surface area contributed by atoms with Crippen molar-refractivity contribution in [3.8, 4) is 11.3 Å². The van der Waals surface area contributed by atoms with E-state index in [9.17, 15) is 0 Å². The third kappa shape index (κ3) is 2.41. The van der Waals surface area contributed by atoms with Crippen molar-refractivity contribution in [3.05, 3.63) is 76.1 Å². The first kappa shape index (κ1) is 16.3. The van der Waals surface area contributed by atoms with Crippen LogP contribution in [0.1, 0.15) is 40.2 Å². The summed E-state index contributed by atoms with van der Waals surface area (Å²) < 4.78 is 0. The average Bonchev–Trinajstić information content (AvgIpc) is 3.11. The quantitative estimate of drug-likeness (QED) is 0.511. The lowest BCUT2D eigenvalue weighted by molar-refractivity contribution is 0.622. The smallest absolute Gasteiger partial charge is 0.102 e. The van der Waals surface area contributed by atoms with E-state index in [1.807, 2.05) is 17.6 Å². The average molecular weight is 384 g/mol. The van der Waals surface area contributed by atoms with Gasteiger partial charge in [-0.2, -0.15) is 0 Å². The highest BCUT2D eigenvalue weighted by Crippen LogP contribution is 2.53. The summed E-state index contributed by atoms with van der Waals surface area (Å²) >= 11 is 1.90. The van der Waals surface area contributed by atoms with Crippen LogP contribution in [0.4, 0.5) is 11.4 Å². The molecule has 3 aromatic rings. The van der Waals surface area contributed by atoms with Gasteiger partial charge in [-0.3, -0.25) is 4.99 Å². The SMILES string of the molecule is C1=CC(c2nc3c(s2)C2CCCc4ccccc4N2c2ccccc2-3)CN=C1. The van der Waals surface area contributed by atoms with Gasteiger partial charge in [0.2, 0.25) is 0 Å². The Kier molecular flexibility index (Phi) is 3.73. The Bertz CT molecular complexity index is 1110. The molecular weight excluding hydrogens is 362 g/mol. The molecule has 4 heteroatoms. The zero-order valence-corrected chi connectivity index (χ0v) is 16.4. The van der Waals surface area contributed by atoms with Gasteiger partial charge in [-0.15, -0.1) is 11.3 Å². The fourth-order valence-corrected chi connectivity index (χ4v) is 6.02. The van der Waals surface area contributed by atoms with Gasteiger partial charge in [0.05, 0.1) is 28.8 Å². The second-order valence-corrected chi connectivity index (χ2v) is 8.76. The first-order chi connectivity index (χ1) is 13.9. The van der Waals surface area contributed by atoms with Crippen LogP contribution in [0.15, 0.2) is 65.7 Å². The number of nitrogens with zero attached hydrogens (tertiary/aromatic N) is 3. The lowest BCUT2D eigenvalue weighted by Crippen LogP contribution is -2.26. The number of aromatic nitrogens is 1. The number of hydrogen-bond acceptors (Lipinski definition) is 4. The van der Waals surface area contributed by atoms with Gasteiger partial charge in [0.15, 0.2) is 0 Å². The Hall–Kier alpha value is -2.72. The molecule has 2 atom stereocenters. The second kappa shape index (κ2) is 6.42. The summed E-state index contributed by atoms with van der Waals surface area (Å²) in [7, 11) is 0. The predicted octanol–water partition coefficient (Wildman–Crippen LogP) is 6.06. The minimum absolute atomic E-state index is 0.305. The number of dihydropyridines is 1. The van der Waals surface area contributed by atoms with Gasteiger partial charge in [-0.25, -0.2) is 4.98 Å². The molecule has 1 aromatic heterocycles. The van der Waals surface area contributed by atoms with Gasteiger partial charge in [0.25, 0.3) is 0 Å². The summed E-state index contributed by atoms with van der Waals surface area (Å²) in [6.45, 7) is 0.807. The van der Waals surface area contributed by atoms with Crippen molar-refractivity contribution < 1.29 is 0 Å². The fraction of sp³-hybridized carbons (Fsp3) is 0.250. The summed E-state index contributed by atoms with van der Waals surface area (Å²) in [5.74, 6) is 0.305. The number of rotatable bonds is 1. The number of fused-ring (bicyclic) bond motifs is 8. The zero-order chi connectivity index (χ0) is 18.5. The number of thiazole rings is 1. The fourth-order valence-electron chi connectivity index (χ4n) is 4.74. The number of aryl methyl sites for hydroxylation is 1. The summed E-state index contributed by atoms with van der Waals surface area (Å²) in [6, 6.07) is 18.1. The topological polar surface area (TPSA) is 28.5 Å². The number of hydrogen-bond donors (Lipinski definition) is 0. The van der Waals surface area contributed by atoms with E-state index in [1.54, 1.807) is 0 Å². The van der Waals surface area contributed by atoms with Gasteiger partial charge < -0.3 is 4.90 Å². The lowest BCUT2D eigenvalue weighted by Gasteiger charge is -2.37. The summed E-state index contributed by atoms with van der Waals surface area (Å²) in [5, 5.41) is 1.20. The van der Waals surface area contributed by atoms with Gasteiger partial charge in [0.1, 0.15) is 5.01 Å². The Labute approximate surface area is 169 Å². The molecule has 3 aliphatic heterocycles. The largest absolute Gasteiger partial charge is 0.332 e. The van der Waals surface area contributed by atoms with Crippen LogP contribution < -0.4 is 4.90 Å². The number of anilines is 2. The Morgan fingerprint density at radius 3 is 2.75 bits per heavy atom. The standard InChI is InChI=1S/C24H21N3S/c1-3-11-19-16(7-1)8-5-13-21-23-22(18-10-2-4-12-20(18)27(19)21)26-24(28-23)17-9-6-14-25-15-17/h1-4,6-7,9-12,14,17,21H,5,8,13,15H2. The first-order valence-corrected chi connectivity index (χ1v) is 10.9. The van der Waals surface area contributed by atoms with Crippen LogP contribution in [-0.4, -0.2) is 17.7 Å². The Morgan fingerprint density at radius 1 is 1.00 bits per heavy atom. The number of benzene rings is 2. The van der Waals surface area contributed by atoms with Crippen LogP contribution in [-0.2, 0) is 6.42 Å². The minimum Gasteiger partial charge on any atom is -0.332 e. The highest BCUT2D eigenvalue weighted by atomic mass is 32.1. The predicted molar refractivity (Wildman–Crippen MR) is 117 cm³/mol. The highest BCUT2D eigenvalue weighted by molar-refractivity contribution is 7.12. The maximum atomic E-state index is 5.16. The van der Waals surface area contributed by atoms with Crippen LogP contribution >= 0.6 is 11.3 Å². The molecule has 6 rings (SSSR count). The van der Waals surface area contributed by atoms with Crippen molar-refractivity contribution in [2.24, 2.45) is 4.99 Å². The molecule has 3 aliphatic rings. The van der Waals surface area contributed by atoms with E-state index < -0.39 is 0 Å². The minimum atomic E-state index is 0.305. The van der Waals surface area contributed by atoms with E-state index in [0.29, 0.717) is 12.0 Å². The van der Waals surface area contributed by atoms with E-state index >= 15 is 0 Å². The van der Waals surface area contributed by atoms with Gasteiger partial charge in [-0.05, 0) is 43.0 Å². The molecule has 0 N–H and O–H groups in total.